The lowest BCUT2D eigenvalue weighted by molar-refractivity contribution is 0.0960. The van der Waals surface area contributed by atoms with Gasteiger partial charge in [-0.2, -0.15) is 0 Å². The molecule has 2 aromatic rings. The molecule has 5 heteroatoms. The lowest BCUT2D eigenvalue weighted by Gasteiger charge is -2.31. The molecule has 0 radical (unpaired) electrons. The van der Waals surface area contributed by atoms with Crippen molar-refractivity contribution in [1.29, 1.82) is 0 Å². The van der Waals surface area contributed by atoms with Gasteiger partial charge >= 0.3 is 0 Å². The third-order valence-corrected chi connectivity index (χ3v) is 4.91. The summed E-state index contributed by atoms with van der Waals surface area (Å²) in [4.78, 5) is 2.28. The van der Waals surface area contributed by atoms with Gasteiger partial charge in [0, 0.05) is 37.1 Å². The molecule has 0 saturated heterocycles. The number of nitrogens with zero attached hydrogens (tertiary/aromatic N) is 1. The second kappa shape index (κ2) is 10.3. The van der Waals surface area contributed by atoms with Crippen molar-refractivity contribution < 1.29 is 4.74 Å². The molecule has 2 unspecified atom stereocenters. The first-order valence-corrected chi connectivity index (χ1v) is 9.21. The molecule has 2 rings (SSSR count). The Balaban J connectivity index is 2.13. The SMILES string of the molecule is COCC(CCl)N(Cc1ccccc1)CC(Cl)c1ccc(Cl)cc1. The van der Waals surface area contributed by atoms with Gasteiger partial charge in [-0.25, -0.2) is 0 Å². The summed E-state index contributed by atoms with van der Waals surface area (Å²) in [7, 11) is 1.69. The van der Waals surface area contributed by atoms with E-state index < -0.39 is 0 Å². The molecule has 0 aliphatic rings. The highest BCUT2D eigenvalue weighted by Crippen LogP contribution is 2.25. The van der Waals surface area contributed by atoms with Gasteiger partial charge < -0.3 is 4.74 Å². The van der Waals surface area contributed by atoms with Gasteiger partial charge in [0.1, 0.15) is 0 Å². The second-order valence-corrected chi connectivity index (χ2v) is 6.97. The van der Waals surface area contributed by atoms with Crippen LogP contribution < -0.4 is 0 Å². The Morgan fingerprint density at radius 2 is 1.71 bits per heavy atom. The van der Waals surface area contributed by atoms with Gasteiger partial charge in [0.2, 0.25) is 0 Å². The summed E-state index contributed by atoms with van der Waals surface area (Å²) in [5.41, 5.74) is 2.27. The van der Waals surface area contributed by atoms with Gasteiger partial charge in [-0.1, -0.05) is 54.1 Å². The first-order chi connectivity index (χ1) is 11.6. The third kappa shape index (κ3) is 5.94. The Hall–Kier alpha value is -0.770. The number of alkyl halides is 2. The Bertz CT molecular complexity index is 591. The van der Waals surface area contributed by atoms with Crippen molar-refractivity contribution in [3.05, 3.63) is 70.7 Å². The maximum atomic E-state index is 6.65. The quantitative estimate of drug-likeness (QED) is 0.537. The molecule has 0 saturated carbocycles. The van der Waals surface area contributed by atoms with Gasteiger partial charge in [0.25, 0.3) is 0 Å². The molecule has 2 aromatic carbocycles. The van der Waals surface area contributed by atoms with Crippen LogP contribution in [0, 0.1) is 0 Å². The van der Waals surface area contributed by atoms with Crippen molar-refractivity contribution in [1.82, 2.24) is 4.90 Å². The summed E-state index contributed by atoms with van der Waals surface area (Å²) in [5.74, 6) is 0.491. The smallest absolute Gasteiger partial charge is 0.0712 e. The van der Waals surface area contributed by atoms with Crippen LogP contribution in [-0.2, 0) is 11.3 Å². The van der Waals surface area contributed by atoms with Crippen LogP contribution in [0.2, 0.25) is 5.02 Å². The van der Waals surface area contributed by atoms with E-state index in [0.717, 1.165) is 12.1 Å². The molecule has 24 heavy (non-hydrogen) atoms. The standard InChI is InChI=1S/C19H22Cl3NO/c1-24-14-18(11-20)23(12-15-5-3-2-4-6-15)13-19(22)16-7-9-17(21)10-8-16/h2-10,18-19H,11-14H2,1H3. The average Bonchev–Trinajstić information content (AvgIpc) is 2.60. The zero-order chi connectivity index (χ0) is 17.4. The van der Waals surface area contributed by atoms with Crippen molar-refractivity contribution in [2.24, 2.45) is 0 Å². The van der Waals surface area contributed by atoms with E-state index in [9.17, 15) is 0 Å². The van der Waals surface area contributed by atoms with Crippen LogP contribution in [0.15, 0.2) is 54.6 Å². The number of methoxy groups -OCH3 is 1. The first kappa shape index (κ1) is 19.6. The minimum atomic E-state index is -0.145. The molecule has 2 atom stereocenters. The summed E-state index contributed by atoms with van der Waals surface area (Å²) in [6.07, 6.45) is 0. The van der Waals surface area contributed by atoms with Crippen LogP contribution in [0.5, 0.6) is 0 Å². The van der Waals surface area contributed by atoms with Crippen molar-refractivity contribution in [2.75, 3.05) is 26.1 Å². The van der Waals surface area contributed by atoms with E-state index in [1.54, 1.807) is 7.11 Å². The number of halogens is 3. The fourth-order valence-corrected chi connectivity index (χ4v) is 3.32. The van der Waals surface area contributed by atoms with Crippen LogP contribution in [0.4, 0.5) is 0 Å². The molecule has 2 nitrogen and oxygen atoms in total. The van der Waals surface area contributed by atoms with Gasteiger partial charge in [-0.3, -0.25) is 4.90 Å². The Labute approximate surface area is 159 Å². The summed E-state index contributed by atoms with van der Waals surface area (Å²) in [5, 5.41) is 0.565. The van der Waals surface area contributed by atoms with Crippen molar-refractivity contribution in [3.63, 3.8) is 0 Å². The summed E-state index contributed by atoms with van der Waals surface area (Å²) >= 11 is 18.8. The predicted octanol–water partition coefficient (Wildman–Crippen LogP) is 5.38. The van der Waals surface area contributed by atoms with E-state index in [1.807, 2.05) is 42.5 Å². The largest absolute Gasteiger partial charge is 0.383 e. The fourth-order valence-electron chi connectivity index (χ4n) is 2.58. The monoisotopic (exact) mass is 385 g/mol. The molecule has 0 aliphatic heterocycles. The maximum Gasteiger partial charge on any atom is 0.0712 e. The molecule has 0 heterocycles. The minimum absolute atomic E-state index is 0.102. The zero-order valence-electron chi connectivity index (χ0n) is 13.7. The third-order valence-electron chi connectivity index (χ3n) is 3.91. The number of ether oxygens (including phenoxy) is 1. The van der Waals surface area contributed by atoms with Gasteiger partial charge in [0.05, 0.1) is 12.0 Å². The Morgan fingerprint density at radius 3 is 2.29 bits per heavy atom. The van der Waals surface area contributed by atoms with E-state index in [2.05, 4.69) is 17.0 Å². The summed E-state index contributed by atoms with van der Waals surface area (Å²) in [6.45, 7) is 2.03. The molecule has 0 spiro atoms. The van der Waals surface area contributed by atoms with E-state index in [-0.39, 0.29) is 11.4 Å². The van der Waals surface area contributed by atoms with Crippen molar-refractivity contribution in [3.8, 4) is 0 Å². The molecule has 0 fully saturated rings. The summed E-state index contributed by atoms with van der Waals surface area (Å²) in [6, 6.07) is 18.1. The first-order valence-electron chi connectivity index (χ1n) is 7.86. The Kier molecular flexibility index (Phi) is 8.37. The molecule has 0 amide bonds. The molecular weight excluding hydrogens is 365 g/mol. The van der Waals surface area contributed by atoms with Crippen LogP contribution in [0.1, 0.15) is 16.5 Å². The minimum Gasteiger partial charge on any atom is -0.383 e. The molecule has 0 aromatic heterocycles. The molecule has 0 N–H and O–H groups in total. The molecule has 130 valence electrons. The Morgan fingerprint density at radius 1 is 1.04 bits per heavy atom. The fraction of sp³-hybridized carbons (Fsp3) is 0.368. The van der Waals surface area contributed by atoms with E-state index in [1.165, 1.54) is 5.56 Å². The highest BCUT2D eigenvalue weighted by molar-refractivity contribution is 6.30. The molecule has 0 aliphatic carbocycles. The van der Waals surface area contributed by atoms with Crippen LogP contribution in [-0.4, -0.2) is 37.1 Å². The normalized spacial score (nSPS) is 13.9. The maximum absolute atomic E-state index is 6.65. The average molecular weight is 387 g/mol. The van der Waals surface area contributed by atoms with Crippen LogP contribution in [0.3, 0.4) is 0 Å². The summed E-state index contributed by atoms with van der Waals surface area (Å²) < 4.78 is 5.33. The van der Waals surface area contributed by atoms with Crippen molar-refractivity contribution in [2.45, 2.75) is 18.0 Å². The molecular formula is C19H22Cl3NO. The van der Waals surface area contributed by atoms with E-state index >= 15 is 0 Å². The van der Waals surface area contributed by atoms with Crippen molar-refractivity contribution >= 4 is 34.8 Å². The van der Waals surface area contributed by atoms with Gasteiger partial charge in [-0.05, 0) is 23.3 Å². The highest BCUT2D eigenvalue weighted by Gasteiger charge is 2.22. The zero-order valence-corrected chi connectivity index (χ0v) is 15.9. The molecule has 0 bridgehead atoms. The highest BCUT2D eigenvalue weighted by atomic mass is 35.5. The second-order valence-electron chi connectivity index (χ2n) is 5.70. The van der Waals surface area contributed by atoms with Gasteiger partial charge in [0.15, 0.2) is 0 Å². The predicted molar refractivity (Wildman–Crippen MR) is 103 cm³/mol. The lowest BCUT2D eigenvalue weighted by atomic mass is 10.1. The van der Waals surface area contributed by atoms with Gasteiger partial charge in [-0.15, -0.1) is 23.2 Å². The van der Waals surface area contributed by atoms with Crippen LogP contribution >= 0.6 is 34.8 Å². The number of rotatable bonds is 9. The number of hydrogen-bond acceptors (Lipinski definition) is 2. The van der Waals surface area contributed by atoms with Crippen LogP contribution in [0.25, 0.3) is 0 Å². The van der Waals surface area contributed by atoms with E-state index in [0.29, 0.717) is 24.1 Å². The lowest BCUT2D eigenvalue weighted by Crippen LogP contribution is -2.41. The number of benzene rings is 2. The van der Waals surface area contributed by atoms with E-state index in [4.69, 9.17) is 39.5 Å². The topological polar surface area (TPSA) is 12.5 Å². The number of hydrogen-bond donors (Lipinski definition) is 0.